The maximum atomic E-state index is 13.0. The van der Waals surface area contributed by atoms with E-state index in [9.17, 15) is 16.8 Å². The van der Waals surface area contributed by atoms with Crippen LogP contribution in [-0.4, -0.2) is 51.6 Å². The third kappa shape index (κ3) is 3.48. The molecule has 2 aliphatic rings. The topological polar surface area (TPSA) is 74.8 Å². The summed E-state index contributed by atoms with van der Waals surface area (Å²) >= 11 is 6.04. The minimum atomic E-state index is -3.75. The second-order valence-electron chi connectivity index (χ2n) is 7.02. The Morgan fingerprint density at radius 1 is 0.750 bits per heavy atom. The maximum absolute atomic E-state index is 13.0. The zero-order valence-corrected chi connectivity index (χ0v) is 17.6. The summed E-state index contributed by atoms with van der Waals surface area (Å²) < 4.78 is 54.3. The Kier molecular flexibility index (Phi) is 5.26. The van der Waals surface area contributed by atoms with Crippen LogP contribution in [0.5, 0.6) is 0 Å². The first-order valence-corrected chi connectivity index (χ1v) is 12.4. The lowest BCUT2D eigenvalue weighted by Gasteiger charge is -2.33. The van der Waals surface area contributed by atoms with Gasteiger partial charge in [-0.3, -0.25) is 0 Å². The molecule has 0 radical (unpaired) electrons. The zero-order valence-electron chi connectivity index (χ0n) is 15.2. The highest BCUT2D eigenvalue weighted by atomic mass is 35.5. The van der Waals surface area contributed by atoms with Gasteiger partial charge in [0, 0.05) is 26.2 Å². The highest BCUT2D eigenvalue weighted by Crippen LogP contribution is 2.28. The molecule has 28 heavy (non-hydrogen) atoms. The molecule has 2 aromatic rings. The number of sulfonamides is 2. The molecule has 2 aromatic carbocycles. The first-order valence-electron chi connectivity index (χ1n) is 9.17. The third-order valence-electron chi connectivity index (χ3n) is 5.36. The summed E-state index contributed by atoms with van der Waals surface area (Å²) in [5.74, 6) is 0. The number of benzene rings is 2. The van der Waals surface area contributed by atoms with Crippen molar-refractivity contribution in [1.29, 1.82) is 0 Å². The van der Waals surface area contributed by atoms with Crippen molar-refractivity contribution >= 4 is 31.6 Å². The Hall–Kier alpha value is -1.45. The summed E-state index contributed by atoms with van der Waals surface area (Å²) in [6.07, 6.45) is 2.95. The number of nitrogens with zero attached hydrogens (tertiary/aromatic N) is 2. The van der Waals surface area contributed by atoms with Crippen molar-refractivity contribution in [2.45, 2.75) is 29.1 Å². The lowest BCUT2D eigenvalue weighted by molar-refractivity contribution is 0.273. The summed E-state index contributed by atoms with van der Waals surface area (Å²) in [6.45, 7) is 0.418. The highest BCUT2D eigenvalue weighted by molar-refractivity contribution is 7.89. The van der Waals surface area contributed by atoms with Crippen LogP contribution in [-0.2, 0) is 32.9 Å². The normalized spacial score (nSPS) is 18.9. The summed E-state index contributed by atoms with van der Waals surface area (Å²) in [5.41, 5.74) is 2.32. The number of hydrogen-bond donors (Lipinski definition) is 0. The van der Waals surface area contributed by atoms with Crippen LogP contribution in [0.3, 0.4) is 0 Å². The van der Waals surface area contributed by atoms with Crippen LogP contribution in [0.2, 0.25) is 5.02 Å². The summed E-state index contributed by atoms with van der Waals surface area (Å²) in [5, 5.41) is 0.163. The fourth-order valence-corrected chi connectivity index (χ4v) is 7.19. The molecule has 0 amide bonds. The van der Waals surface area contributed by atoms with E-state index in [1.807, 2.05) is 6.07 Å². The molecule has 9 heteroatoms. The fraction of sp³-hybridized carbons (Fsp3) is 0.368. The molecule has 0 saturated carbocycles. The van der Waals surface area contributed by atoms with Crippen LogP contribution in [0.4, 0.5) is 0 Å². The molecule has 0 spiro atoms. The number of halogens is 1. The smallest absolute Gasteiger partial charge is 0.207 e. The van der Waals surface area contributed by atoms with E-state index in [2.05, 4.69) is 0 Å². The minimum Gasteiger partial charge on any atom is -0.207 e. The molecule has 1 heterocycles. The molecular formula is C19H21ClN2O4S2. The van der Waals surface area contributed by atoms with Gasteiger partial charge in [-0.25, -0.2) is 16.8 Å². The highest BCUT2D eigenvalue weighted by Gasteiger charge is 2.34. The monoisotopic (exact) mass is 440 g/mol. The quantitative estimate of drug-likeness (QED) is 0.732. The number of fused-ring (bicyclic) bond motifs is 1. The van der Waals surface area contributed by atoms with Gasteiger partial charge in [0.25, 0.3) is 0 Å². The summed E-state index contributed by atoms with van der Waals surface area (Å²) in [4.78, 5) is 0.335. The van der Waals surface area contributed by atoms with Crippen molar-refractivity contribution in [3.8, 4) is 0 Å². The number of hydrogen-bond acceptors (Lipinski definition) is 4. The van der Waals surface area contributed by atoms with E-state index in [4.69, 9.17) is 11.6 Å². The Morgan fingerprint density at radius 3 is 2.04 bits per heavy atom. The van der Waals surface area contributed by atoms with Crippen LogP contribution in [0, 0.1) is 0 Å². The first-order chi connectivity index (χ1) is 13.3. The Balaban J connectivity index is 1.52. The number of rotatable bonds is 4. The third-order valence-corrected chi connectivity index (χ3v) is 9.65. The van der Waals surface area contributed by atoms with E-state index in [0.717, 1.165) is 24.8 Å². The van der Waals surface area contributed by atoms with Gasteiger partial charge in [0.2, 0.25) is 20.0 Å². The molecule has 4 rings (SSSR count). The number of aryl methyl sites for hydroxylation is 2. The maximum Gasteiger partial charge on any atom is 0.244 e. The van der Waals surface area contributed by atoms with Crippen LogP contribution >= 0.6 is 11.6 Å². The molecule has 0 bridgehead atoms. The Morgan fingerprint density at radius 2 is 1.36 bits per heavy atom. The summed E-state index contributed by atoms with van der Waals surface area (Å²) in [6, 6.07) is 11.6. The van der Waals surface area contributed by atoms with Crippen LogP contribution in [0.1, 0.15) is 17.5 Å². The van der Waals surface area contributed by atoms with Gasteiger partial charge < -0.3 is 0 Å². The van der Waals surface area contributed by atoms with Crippen LogP contribution < -0.4 is 0 Å². The average molecular weight is 441 g/mol. The van der Waals surface area contributed by atoms with E-state index >= 15 is 0 Å². The SMILES string of the molecule is O=S(=O)(c1ccc2c(c1)CCC2)N1CCN(S(=O)(=O)c2ccccc2Cl)CC1. The molecule has 0 aromatic heterocycles. The fourth-order valence-electron chi connectivity index (χ4n) is 3.80. The van der Waals surface area contributed by atoms with Gasteiger partial charge in [0.05, 0.1) is 9.92 Å². The molecule has 0 unspecified atom stereocenters. The minimum absolute atomic E-state index is 0.0478. The van der Waals surface area contributed by atoms with Crippen LogP contribution in [0.25, 0.3) is 0 Å². The van der Waals surface area contributed by atoms with Crippen molar-refractivity contribution in [3.05, 3.63) is 58.6 Å². The average Bonchev–Trinajstić information content (AvgIpc) is 3.16. The van der Waals surface area contributed by atoms with Gasteiger partial charge >= 0.3 is 0 Å². The van der Waals surface area contributed by atoms with Crippen molar-refractivity contribution in [1.82, 2.24) is 8.61 Å². The second kappa shape index (κ2) is 7.42. The van der Waals surface area contributed by atoms with E-state index in [1.54, 1.807) is 24.3 Å². The molecule has 1 saturated heterocycles. The Bertz CT molecular complexity index is 1110. The van der Waals surface area contributed by atoms with E-state index in [1.165, 1.54) is 26.3 Å². The van der Waals surface area contributed by atoms with E-state index in [-0.39, 0.29) is 41.0 Å². The van der Waals surface area contributed by atoms with Gasteiger partial charge in [-0.15, -0.1) is 0 Å². The van der Waals surface area contributed by atoms with Crippen molar-refractivity contribution in [3.63, 3.8) is 0 Å². The van der Waals surface area contributed by atoms with E-state index < -0.39 is 20.0 Å². The van der Waals surface area contributed by atoms with Crippen molar-refractivity contribution in [2.75, 3.05) is 26.2 Å². The molecule has 1 aliphatic carbocycles. The predicted molar refractivity (Wildman–Crippen MR) is 107 cm³/mol. The second-order valence-corrected chi connectivity index (χ2v) is 11.3. The van der Waals surface area contributed by atoms with Gasteiger partial charge in [-0.2, -0.15) is 8.61 Å². The standard InChI is InChI=1S/C19H21ClN2O4S2/c20-18-6-1-2-7-19(18)28(25,26)22-12-10-21(11-13-22)27(23,24)17-9-8-15-4-3-5-16(15)14-17/h1-2,6-9,14H,3-5,10-13H2. The molecule has 0 N–H and O–H groups in total. The first kappa shape index (κ1) is 19.8. The zero-order chi connectivity index (χ0) is 19.9. The largest absolute Gasteiger partial charge is 0.244 e. The van der Waals surface area contributed by atoms with Crippen molar-refractivity contribution < 1.29 is 16.8 Å². The summed E-state index contributed by atoms with van der Waals surface area (Å²) in [7, 11) is -7.39. The van der Waals surface area contributed by atoms with Crippen LogP contribution in [0.15, 0.2) is 52.3 Å². The van der Waals surface area contributed by atoms with E-state index in [0.29, 0.717) is 0 Å². The van der Waals surface area contributed by atoms with Gasteiger partial charge in [0.15, 0.2) is 0 Å². The molecule has 6 nitrogen and oxygen atoms in total. The molecule has 1 fully saturated rings. The molecular weight excluding hydrogens is 420 g/mol. The van der Waals surface area contributed by atoms with Crippen molar-refractivity contribution in [2.24, 2.45) is 0 Å². The lowest BCUT2D eigenvalue weighted by Crippen LogP contribution is -2.50. The molecule has 1 aliphatic heterocycles. The number of piperazine rings is 1. The predicted octanol–water partition coefficient (Wildman–Crippen LogP) is 2.52. The molecule has 0 atom stereocenters. The van der Waals surface area contributed by atoms with Gasteiger partial charge in [-0.05, 0) is 54.7 Å². The van der Waals surface area contributed by atoms with Gasteiger partial charge in [-0.1, -0.05) is 29.8 Å². The molecule has 150 valence electrons. The Labute approximate surface area is 170 Å². The lowest BCUT2D eigenvalue weighted by atomic mass is 10.1. The van der Waals surface area contributed by atoms with Gasteiger partial charge in [0.1, 0.15) is 4.90 Å².